The second-order valence-corrected chi connectivity index (χ2v) is 6.31. The Morgan fingerprint density at radius 2 is 2.05 bits per heavy atom. The predicted molar refractivity (Wildman–Crippen MR) is 81.5 cm³/mol. The van der Waals surface area contributed by atoms with E-state index in [1.165, 1.54) is 0 Å². The van der Waals surface area contributed by atoms with Gasteiger partial charge in [-0.05, 0) is 39.8 Å². The summed E-state index contributed by atoms with van der Waals surface area (Å²) in [6.45, 7) is 6.95. The maximum Gasteiger partial charge on any atom is 0.407 e. The molecule has 5 nitrogen and oxygen atoms in total. The number of para-hydroxylation sites is 1. The first-order valence-electron chi connectivity index (χ1n) is 7.22. The van der Waals surface area contributed by atoms with E-state index in [9.17, 15) is 4.79 Å². The van der Waals surface area contributed by atoms with Gasteiger partial charge in [0.15, 0.2) is 0 Å². The van der Waals surface area contributed by atoms with E-state index >= 15 is 0 Å². The molecular formula is C16H24N2O3. The molecule has 1 saturated heterocycles. The fourth-order valence-electron chi connectivity index (χ4n) is 2.48. The molecule has 2 rings (SSSR count). The lowest BCUT2D eigenvalue weighted by Gasteiger charge is -2.44. The summed E-state index contributed by atoms with van der Waals surface area (Å²) in [5.74, 6) is 0.829. The van der Waals surface area contributed by atoms with Crippen LogP contribution in [-0.4, -0.2) is 31.9 Å². The molecule has 1 aromatic rings. The lowest BCUT2D eigenvalue weighted by molar-refractivity contribution is 0.0490. The molecule has 0 spiro atoms. The van der Waals surface area contributed by atoms with Crippen molar-refractivity contribution in [2.45, 2.75) is 38.3 Å². The minimum atomic E-state index is -0.491. The Hall–Kier alpha value is -1.75. The molecule has 1 aliphatic heterocycles. The van der Waals surface area contributed by atoms with Crippen molar-refractivity contribution in [1.82, 2.24) is 10.6 Å². The SMILES string of the molecule is COc1ccccc1C1(CNC(=O)OC(C)(C)C)CCN1. The number of amides is 1. The molecule has 0 saturated carbocycles. The second kappa shape index (κ2) is 5.93. The summed E-state index contributed by atoms with van der Waals surface area (Å²) in [4.78, 5) is 11.8. The van der Waals surface area contributed by atoms with Crippen molar-refractivity contribution in [3.05, 3.63) is 29.8 Å². The molecule has 1 fully saturated rings. The van der Waals surface area contributed by atoms with Crippen LogP contribution in [0.3, 0.4) is 0 Å². The zero-order valence-electron chi connectivity index (χ0n) is 13.2. The van der Waals surface area contributed by atoms with Crippen LogP contribution >= 0.6 is 0 Å². The topological polar surface area (TPSA) is 59.6 Å². The zero-order chi connectivity index (χ0) is 15.5. The van der Waals surface area contributed by atoms with Crippen molar-refractivity contribution in [2.24, 2.45) is 0 Å². The summed E-state index contributed by atoms with van der Waals surface area (Å²) in [6, 6.07) is 7.88. The Morgan fingerprint density at radius 3 is 2.57 bits per heavy atom. The molecule has 0 bridgehead atoms. The average Bonchev–Trinajstić information content (AvgIpc) is 2.36. The predicted octanol–water partition coefficient (Wildman–Crippen LogP) is 2.41. The van der Waals surface area contributed by atoms with E-state index in [0.717, 1.165) is 24.3 Å². The van der Waals surface area contributed by atoms with Gasteiger partial charge in [-0.15, -0.1) is 0 Å². The van der Waals surface area contributed by atoms with E-state index in [1.807, 2.05) is 45.0 Å². The third-order valence-electron chi connectivity index (χ3n) is 3.57. The number of methoxy groups -OCH3 is 1. The largest absolute Gasteiger partial charge is 0.496 e. The first-order valence-corrected chi connectivity index (χ1v) is 7.22. The fourth-order valence-corrected chi connectivity index (χ4v) is 2.48. The Labute approximate surface area is 126 Å². The summed E-state index contributed by atoms with van der Waals surface area (Å²) < 4.78 is 10.7. The number of benzene rings is 1. The summed E-state index contributed by atoms with van der Waals surface area (Å²) in [5, 5.41) is 6.27. The smallest absolute Gasteiger partial charge is 0.407 e. The van der Waals surface area contributed by atoms with Crippen LogP contribution in [-0.2, 0) is 10.3 Å². The van der Waals surface area contributed by atoms with E-state index in [2.05, 4.69) is 10.6 Å². The molecule has 0 aliphatic carbocycles. The van der Waals surface area contributed by atoms with Crippen LogP contribution in [0.2, 0.25) is 0 Å². The molecule has 1 heterocycles. The average molecular weight is 292 g/mol. The molecule has 1 aliphatic rings. The lowest BCUT2D eigenvalue weighted by atomic mass is 9.80. The van der Waals surface area contributed by atoms with Gasteiger partial charge in [0.1, 0.15) is 11.4 Å². The number of hydrogen-bond acceptors (Lipinski definition) is 4. The van der Waals surface area contributed by atoms with Gasteiger partial charge in [-0.2, -0.15) is 0 Å². The second-order valence-electron chi connectivity index (χ2n) is 6.31. The standard InChI is InChI=1S/C16H24N2O3/c1-15(2,3)21-14(19)17-11-16(9-10-18-16)12-7-5-6-8-13(12)20-4/h5-8,18H,9-11H2,1-4H3,(H,17,19). The quantitative estimate of drug-likeness (QED) is 0.894. The first-order chi connectivity index (χ1) is 9.86. The Kier molecular flexibility index (Phi) is 4.42. The molecule has 2 N–H and O–H groups in total. The maximum absolute atomic E-state index is 11.8. The molecule has 0 radical (unpaired) electrons. The van der Waals surface area contributed by atoms with Crippen LogP contribution < -0.4 is 15.4 Å². The highest BCUT2D eigenvalue weighted by molar-refractivity contribution is 5.68. The van der Waals surface area contributed by atoms with Crippen molar-refractivity contribution < 1.29 is 14.3 Å². The number of alkyl carbamates (subject to hydrolysis) is 1. The van der Waals surface area contributed by atoms with Gasteiger partial charge in [-0.3, -0.25) is 0 Å². The maximum atomic E-state index is 11.8. The van der Waals surface area contributed by atoms with Crippen LogP contribution in [0.4, 0.5) is 4.79 Å². The van der Waals surface area contributed by atoms with Crippen LogP contribution in [0, 0.1) is 0 Å². The minimum Gasteiger partial charge on any atom is -0.496 e. The Balaban J connectivity index is 2.07. The fraction of sp³-hybridized carbons (Fsp3) is 0.562. The monoisotopic (exact) mass is 292 g/mol. The van der Waals surface area contributed by atoms with E-state index < -0.39 is 11.7 Å². The number of carbonyl (C=O) groups is 1. The van der Waals surface area contributed by atoms with Gasteiger partial charge in [-0.25, -0.2) is 4.79 Å². The molecule has 1 amide bonds. The van der Waals surface area contributed by atoms with Crippen LogP contribution in [0.1, 0.15) is 32.8 Å². The molecular weight excluding hydrogens is 268 g/mol. The van der Waals surface area contributed by atoms with E-state index in [0.29, 0.717) is 6.54 Å². The number of carbonyl (C=O) groups excluding carboxylic acids is 1. The summed E-state index contributed by atoms with van der Waals surface area (Å²) >= 11 is 0. The van der Waals surface area contributed by atoms with E-state index in [1.54, 1.807) is 7.11 Å². The van der Waals surface area contributed by atoms with E-state index in [-0.39, 0.29) is 5.54 Å². The highest BCUT2D eigenvalue weighted by Crippen LogP contribution is 2.36. The van der Waals surface area contributed by atoms with Crippen molar-refractivity contribution in [2.75, 3.05) is 20.2 Å². The number of nitrogens with one attached hydrogen (secondary N) is 2. The van der Waals surface area contributed by atoms with Gasteiger partial charge < -0.3 is 20.1 Å². The van der Waals surface area contributed by atoms with Crippen molar-refractivity contribution >= 4 is 6.09 Å². The molecule has 116 valence electrons. The normalized spacial score (nSPS) is 21.3. The van der Waals surface area contributed by atoms with Gasteiger partial charge in [0.2, 0.25) is 0 Å². The third-order valence-corrected chi connectivity index (χ3v) is 3.57. The summed E-state index contributed by atoms with van der Waals surface area (Å²) in [7, 11) is 1.66. The van der Waals surface area contributed by atoms with E-state index in [4.69, 9.17) is 9.47 Å². The third kappa shape index (κ3) is 3.67. The molecule has 21 heavy (non-hydrogen) atoms. The van der Waals surface area contributed by atoms with Crippen LogP contribution in [0.5, 0.6) is 5.75 Å². The number of hydrogen-bond donors (Lipinski definition) is 2. The lowest BCUT2D eigenvalue weighted by Crippen LogP contribution is -2.60. The van der Waals surface area contributed by atoms with Crippen molar-refractivity contribution in [1.29, 1.82) is 0 Å². The van der Waals surface area contributed by atoms with Crippen molar-refractivity contribution in [3.63, 3.8) is 0 Å². The molecule has 1 aromatic carbocycles. The van der Waals surface area contributed by atoms with Crippen molar-refractivity contribution in [3.8, 4) is 5.75 Å². The van der Waals surface area contributed by atoms with Gasteiger partial charge in [-0.1, -0.05) is 18.2 Å². The molecule has 5 heteroatoms. The minimum absolute atomic E-state index is 0.274. The highest BCUT2D eigenvalue weighted by Gasteiger charge is 2.40. The molecule has 0 aromatic heterocycles. The highest BCUT2D eigenvalue weighted by atomic mass is 16.6. The number of ether oxygens (including phenoxy) is 2. The number of rotatable bonds is 4. The summed E-state index contributed by atoms with van der Waals surface area (Å²) in [5.41, 5.74) is 0.299. The van der Waals surface area contributed by atoms with Crippen LogP contribution in [0.25, 0.3) is 0 Å². The zero-order valence-corrected chi connectivity index (χ0v) is 13.2. The summed E-state index contributed by atoms with van der Waals surface area (Å²) in [6.07, 6.45) is 0.550. The van der Waals surface area contributed by atoms with Gasteiger partial charge in [0.25, 0.3) is 0 Å². The first kappa shape index (κ1) is 15.6. The Morgan fingerprint density at radius 1 is 1.38 bits per heavy atom. The van der Waals surface area contributed by atoms with Crippen LogP contribution in [0.15, 0.2) is 24.3 Å². The Bertz CT molecular complexity index is 504. The van der Waals surface area contributed by atoms with Gasteiger partial charge in [0.05, 0.1) is 12.6 Å². The molecule has 1 unspecified atom stereocenters. The van der Waals surface area contributed by atoms with Gasteiger partial charge in [0, 0.05) is 12.1 Å². The molecule has 1 atom stereocenters. The van der Waals surface area contributed by atoms with Gasteiger partial charge >= 0.3 is 6.09 Å².